The monoisotopic (exact) mass is 539 g/mol. The molecule has 2 amide bonds. The summed E-state index contributed by atoms with van der Waals surface area (Å²) in [6.45, 7) is 5.26. The standard InChI is InChI=1S/C23H33N5O8S/c1-22(2,20(30)31)37(33,34)27-10-11-28(19(29)14-27)17-12-25-18(13-24-17)35-15-16-4-8-26(9-5-16)21(32)36-23(3)6-7-23/h12-13,16H,4-11,14-15H2,1-3H3,(H,30,31). The minimum Gasteiger partial charge on any atom is -0.480 e. The molecular weight excluding hydrogens is 506 g/mol. The predicted octanol–water partition coefficient (Wildman–Crippen LogP) is 1.10. The van der Waals surface area contributed by atoms with Crippen LogP contribution in [0.5, 0.6) is 5.88 Å². The van der Waals surface area contributed by atoms with E-state index in [-0.39, 0.29) is 36.5 Å². The van der Waals surface area contributed by atoms with Crippen molar-refractivity contribution in [1.29, 1.82) is 0 Å². The summed E-state index contributed by atoms with van der Waals surface area (Å²) in [6.07, 6.45) is 5.95. The molecule has 0 bridgehead atoms. The van der Waals surface area contributed by atoms with Crippen LogP contribution in [0, 0.1) is 5.92 Å². The number of ether oxygens (including phenoxy) is 2. The molecule has 0 spiro atoms. The van der Waals surface area contributed by atoms with Crippen molar-refractivity contribution in [3.8, 4) is 5.88 Å². The lowest BCUT2D eigenvalue weighted by Gasteiger charge is -2.35. The highest BCUT2D eigenvalue weighted by Crippen LogP contribution is 2.39. The van der Waals surface area contributed by atoms with Crippen LogP contribution < -0.4 is 9.64 Å². The van der Waals surface area contributed by atoms with Gasteiger partial charge in [-0.2, -0.15) is 4.31 Å². The van der Waals surface area contributed by atoms with Gasteiger partial charge >= 0.3 is 12.1 Å². The number of carbonyl (C=O) groups is 3. The number of rotatable bonds is 8. The van der Waals surface area contributed by atoms with E-state index in [4.69, 9.17) is 9.47 Å². The van der Waals surface area contributed by atoms with Crippen LogP contribution in [0.2, 0.25) is 0 Å². The van der Waals surface area contributed by atoms with Gasteiger partial charge in [-0.1, -0.05) is 0 Å². The molecule has 3 aliphatic rings. The van der Waals surface area contributed by atoms with Crippen LogP contribution in [-0.4, -0.2) is 100 Å². The quantitative estimate of drug-likeness (QED) is 0.507. The number of carbonyl (C=O) groups excluding carboxylic acids is 2. The van der Waals surface area contributed by atoms with E-state index in [1.54, 1.807) is 4.90 Å². The first-order chi connectivity index (χ1) is 17.3. The summed E-state index contributed by atoms with van der Waals surface area (Å²) in [5, 5.41) is 9.28. The number of carboxylic acid groups (broad SMARTS) is 1. The third-order valence-electron chi connectivity index (χ3n) is 7.20. The Morgan fingerprint density at radius 3 is 2.35 bits per heavy atom. The van der Waals surface area contributed by atoms with E-state index in [0.717, 1.165) is 43.8 Å². The molecule has 0 radical (unpaired) electrons. The molecule has 204 valence electrons. The number of aliphatic carboxylic acids is 1. The molecule has 14 heteroatoms. The van der Waals surface area contributed by atoms with Crippen molar-refractivity contribution in [1.82, 2.24) is 19.2 Å². The van der Waals surface area contributed by atoms with E-state index in [2.05, 4.69) is 9.97 Å². The van der Waals surface area contributed by atoms with Crippen molar-refractivity contribution >= 4 is 33.8 Å². The van der Waals surface area contributed by atoms with Crippen molar-refractivity contribution in [2.45, 2.75) is 56.8 Å². The lowest BCUT2D eigenvalue weighted by atomic mass is 9.98. The Hall–Kier alpha value is -3.00. The second-order valence-corrected chi connectivity index (χ2v) is 13.0. The summed E-state index contributed by atoms with van der Waals surface area (Å²) in [7, 11) is -4.24. The summed E-state index contributed by atoms with van der Waals surface area (Å²) >= 11 is 0. The van der Waals surface area contributed by atoms with Gasteiger partial charge in [0.2, 0.25) is 21.8 Å². The van der Waals surface area contributed by atoms with E-state index in [9.17, 15) is 27.9 Å². The Bertz CT molecular complexity index is 1140. The number of sulfonamides is 1. The Kier molecular flexibility index (Phi) is 7.34. The van der Waals surface area contributed by atoms with Gasteiger partial charge in [0, 0.05) is 26.2 Å². The second kappa shape index (κ2) is 10.0. The fraction of sp³-hybridized carbons (Fsp3) is 0.696. The molecule has 3 fully saturated rings. The fourth-order valence-electron chi connectivity index (χ4n) is 4.09. The van der Waals surface area contributed by atoms with E-state index in [1.807, 2.05) is 6.92 Å². The molecule has 1 saturated carbocycles. The topological polar surface area (TPSA) is 160 Å². The van der Waals surface area contributed by atoms with Crippen molar-refractivity contribution in [3.05, 3.63) is 12.4 Å². The lowest BCUT2D eigenvalue weighted by molar-refractivity contribution is -0.139. The smallest absolute Gasteiger partial charge is 0.410 e. The molecule has 0 atom stereocenters. The van der Waals surface area contributed by atoms with E-state index in [1.165, 1.54) is 17.3 Å². The number of amides is 2. The fourth-order valence-corrected chi connectivity index (χ4v) is 5.56. The van der Waals surface area contributed by atoms with Gasteiger partial charge in [-0.25, -0.2) is 23.2 Å². The van der Waals surface area contributed by atoms with Gasteiger partial charge in [0.1, 0.15) is 5.60 Å². The van der Waals surface area contributed by atoms with Gasteiger partial charge in [0.05, 0.1) is 25.5 Å². The number of hydrogen-bond acceptors (Lipinski definition) is 9. The van der Waals surface area contributed by atoms with Gasteiger partial charge < -0.3 is 19.5 Å². The number of aromatic nitrogens is 2. The van der Waals surface area contributed by atoms with Crippen LogP contribution in [0.15, 0.2) is 12.4 Å². The number of likely N-dealkylation sites (tertiary alicyclic amines) is 1. The van der Waals surface area contributed by atoms with Gasteiger partial charge in [-0.3, -0.25) is 14.5 Å². The van der Waals surface area contributed by atoms with Crippen molar-refractivity contribution in [2.24, 2.45) is 5.92 Å². The Balaban J connectivity index is 1.25. The highest BCUT2D eigenvalue weighted by atomic mass is 32.2. The lowest BCUT2D eigenvalue weighted by Crippen LogP contribution is -2.58. The van der Waals surface area contributed by atoms with Crippen LogP contribution in [0.25, 0.3) is 0 Å². The first-order valence-corrected chi connectivity index (χ1v) is 13.7. The summed E-state index contributed by atoms with van der Waals surface area (Å²) in [5.74, 6) is -1.21. The molecule has 1 N–H and O–H groups in total. The molecule has 2 aliphatic heterocycles. The molecule has 4 rings (SSSR count). The molecule has 37 heavy (non-hydrogen) atoms. The van der Waals surface area contributed by atoms with Crippen molar-refractivity contribution in [3.63, 3.8) is 0 Å². The maximum atomic E-state index is 12.7. The first-order valence-electron chi connectivity index (χ1n) is 12.3. The van der Waals surface area contributed by atoms with E-state index >= 15 is 0 Å². The Labute approximate surface area is 215 Å². The van der Waals surface area contributed by atoms with Crippen LogP contribution in [-0.2, 0) is 24.3 Å². The molecule has 1 aromatic heterocycles. The number of piperazine rings is 1. The van der Waals surface area contributed by atoms with Gasteiger partial charge in [0.15, 0.2) is 10.6 Å². The Morgan fingerprint density at radius 1 is 1.14 bits per heavy atom. The SMILES string of the molecule is CC1(OC(=O)N2CCC(COc3cnc(N4CCN(S(=O)(=O)C(C)(C)C(=O)O)CC4=O)cn3)CC2)CC1. The molecule has 3 heterocycles. The molecule has 0 aromatic carbocycles. The van der Waals surface area contributed by atoms with Crippen LogP contribution in [0.3, 0.4) is 0 Å². The second-order valence-electron chi connectivity index (χ2n) is 10.5. The van der Waals surface area contributed by atoms with Crippen molar-refractivity contribution in [2.75, 3.05) is 44.2 Å². The molecular formula is C23H33N5O8S. The normalized spacial score (nSPS) is 21.0. The van der Waals surface area contributed by atoms with Crippen LogP contribution >= 0.6 is 0 Å². The summed E-state index contributed by atoms with van der Waals surface area (Å²) < 4.78 is 35.5. The third-order valence-corrected chi connectivity index (χ3v) is 9.66. The first kappa shape index (κ1) is 27.0. The van der Waals surface area contributed by atoms with E-state index < -0.39 is 33.2 Å². The molecule has 0 unspecified atom stereocenters. The zero-order valence-corrected chi connectivity index (χ0v) is 22.1. The third kappa shape index (κ3) is 5.79. The molecule has 13 nitrogen and oxygen atoms in total. The van der Waals surface area contributed by atoms with Gasteiger partial charge in [-0.15, -0.1) is 0 Å². The number of nitrogens with zero attached hydrogens (tertiary/aromatic N) is 5. The highest BCUT2D eigenvalue weighted by Gasteiger charge is 2.48. The predicted molar refractivity (Wildman–Crippen MR) is 131 cm³/mol. The van der Waals surface area contributed by atoms with Crippen molar-refractivity contribution < 1.29 is 37.4 Å². The van der Waals surface area contributed by atoms with Gasteiger partial charge in [0.25, 0.3) is 0 Å². The van der Waals surface area contributed by atoms with Gasteiger partial charge in [-0.05, 0) is 52.4 Å². The zero-order valence-electron chi connectivity index (χ0n) is 21.3. The largest absolute Gasteiger partial charge is 0.480 e. The minimum absolute atomic E-state index is 0.0167. The summed E-state index contributed by atoms with van der Waals surface area (Å²) in [4.78, 5) is 47.8. The number of carboxylic acids is 1. The van der Waals surface area contributed by atoms with Crippen LogP contribution in [0.4, 0.5) is 10.6 Å². The minimum atomic E-state index is -4.24. The average molecular weight is 540 g/mol. The van der Waals surface area contributed by atoms with E-state index in [0.29, 0.717) is 25.6 Å². The molecule has 1 aliphatic carbocycles. The zero-order chi connectivity index (χ0) is 27.0. The summed E-state index contributed by atoms with van der Waals surface area (Å²) in [6, 6.07) is 0. The number of piperidine rings is 1. The number of anilines is 1. The highest BCUT2D eigenvalue weighted by molar-refractivity contribution is 7.91. The summed E-state index contributed by atoms with van der Waals surface area (Å²) in [5.41, 5.74) is -0.283. The molecule has 1 aromatic rings. The maximum absolute atomic E-state index is 12.7. The Morgan fingerprint density at radius 2 is 1.81 bits per heavy atom. The van der Waals surface area contributed by atoms with Crippen LogP contribution in [0.1, 0.15) is 46.5 Å². The maximum Gasteiger partial charge on any atom is 0.410 e. The average Bonchev–Trinajstić information content (AvgIpc) is 3.59. The molecule has 2 saturated heterocycles. The number of hydrogen-bond donors (Lipinski definition) is 1.